The molecule has 4 amide bonds. The maximum atomic E-state index is 13.1. The van der Waals surface area contributed by atoms with Gasteiger partial charge < -0.3 is 35.1 Å². The van der Waals surface area contributed by atoms with Crippen molar-refractivity contribution >= 4 is 23.6 Å². The van der Waals surface area contributed by atoms with Crippen molar-refractivity contribution < 1.29 is 33.4 Å². The van der Waals surface area contributed by atoms with Gasteiger partial charge in [-0.2, -0.15) is 0 Å². The molecule has 224 valence electrons. The van der Waals surface area contributed by atoms with E-state index >= 15 is 0 Å². The Morgan fingerprint density at radius 2 is 1.72 bits per heavy atom. The Kier molecular flexibility index (Phi) is 9.40. The molecule has 43 heavy (non-hydrogen) atoms. The number of carbonyl (C=O) groups is 4. The molecule has 11 nitrogen and oxygen atoms in total. The van der Waals surface area contributed by atoms with Crippen LogP contribution in [0.2, 0.25) is 0 Å². The Bertz CT molecular complexity index is 1460. The summed E-state index contributed by atoms with van der Waals surface area (Å²) >= 11 is 0. The van der Waals surface area contributed by atoms with Gasteiger partial charge in [-0.1, -0.05) is 36.4 Å². The van der Waals surface area contributed by atoms with Gasteiger partial charge in [-0.15, -0.1) is 0 Å². The molecule has 3 N–H and O–H groups in total. The maximum Gasteiger partial charge on any atom is 0.258 e. The summed E-state index contributed by atoms with van der Waals surface area (Å²) in [6, 6.07) is 20.8. The molecule has 0 radical (unpaired) electrons. The molecule has 11 heteroatoms. The molecule has 2 atom stereocenters. The Morgan fingerprint density at radius 3 is 2.49 bits per heavy atom. The summed E-state index contributed by atoms with van der Waals surface area (Å²) in [6.45, 7) is 0.418. The van der Waals surface area contributed by atoms with Gasteiger partial charge in [0.2, 0.25) is 11.8 Å². The highest BCUT2D eigenvalue weighted by Gasteiger charge is 2.38. The van der Waals surface area contributed by atoms with Crippen molar-refractivity contribution in [2.75, 3.05) is 33.4 Å². The predicted molar refractivity (Wildman–Crippen MR) is 157 cm³/mol. The molecule has 0 spiro atoms. The molecular formula is C32H34N4O7. The smallest absolute Gasteiger partial charge is 0.258 e. The van der Waals surface area contributed by atoms with Crippen LogP contribution in [0.4, 0.5) is 0 Å². The van der Waals surface area contributed by atoms with Crippen molar-refractivity contribution in [2.24, 2.45) is 0 Å². The van der Waals surface area contributed by atoms with Crippen molar-refractivity contribution in [1.82, 2.24) is 20.9 Å². The molecule has 3 aromatic carbocycles. The van der Waals surface area contributed by atoms with E-state index < -0.39 is 12.1 Å². The van der Waals surface area contributed by atoms with E-state index in [1.54, 1.807) is 53.4 Å². The lowest BCUT2D eigenvalue weighted by Gasteiger charge is -2.21. The SMILES string of the molecule is COc1ccc2cc1OCC(=O)NCc1ccc(cc1)O[C@H]1CN(C(=O)CNC(=O)c3ccccc3)C[C@@H]1NC(=O)CC2. The van der Waals surface area contributed by atoms with Gasteiger partial charge in [0.1, 0.15) is 11.9 Å². The molecule has 3 aliphatic rings. The summed E-state index contributed by atoms with van der Waals surface area (Å²) < 4.78 is 17.3. The standard InChI is InChI=1S/C32H34N4O7/c1-41-26-13-9-21-10-14-29(37)35-25-18-36(31(39)17-34-32(40)23-5-3-2-4-6-23)19-28(25)43-24-11-7-22(8-12-24)16-33-30(38)20-42-27(26)15-21/h2-9,11-13,15,25,28H,10,14,16-20H2,1H3,(H,33,38)(H,34,40)(H,35,37)/t25-,28-/m0/s1. The quantitative estimate of drug-likeness (QED) is 0.425. The minimum Gasteiger partial charge on any atom is -0.493 e. The molecule has 0 unspecified atom stereocenters. The third-order valence-electron chi connectivity index (χ3n) is 7.33. The van der Waals surface area contributed by atoms with Crippen LogP contribution in [0.1, 0.15) is 27.9 Å². The van der Waals surface area contributed by atoms with Crippen LogP contribution in [0.5, 0.6) is 17.2 Å². The van der Waals surface area contributed by atoms with E-state index in [0.29, 0.717) is 35.8 Å². The molecule has 3 aliphatic heterocycles. The summed E-state index contributed by atoms with van der Waals surface area (Å²) in [5.41, 5.74) is 2.17. The van der Waals surface area contributed by atoms with Crippen LogP contribution in [-0.2, 0) is 27.3 Å². The minimum absolute atomic E-state index is 0.177. The highest BCUT2D eigenvalue weighted by atomic mass is 16.5. The number of hydrogen-bond donors (Lipinski definition) is 3. The summed E-state index contributed by atoms with van der Waals surface area (Å²) in [6.07, 6.45) is 0.100. The lowest BCUT2D eigenvalue weighted by molar-refractivity contribution is -0.129. The number of aryl methyl sites for hydroxylation is 1. The van der Waals surface area contributed by atoms with Crippen molar-refractivity contribution in [1.29, 1.82) is 0 Å². The molecule has 0 aromatic heterocycles. The normalized spacial score (nSPS) is 18.9. The number of carbonyl (C=O) groups excluding carboxylic acids is 4. The number of methoxy groups -OCH3 is 1. The zero-order chi connectivity index (χ0) is 30.2. The number of amides is 4. The number of benzene rings is 3. The molecule has 1 fully saturated rings. The van der Waals surface area contributed by atoms with Gasteiger partial charge in [-0.3, -0.25) is 19.2 Å². The van der Waals surface area contributed by atoms with Gasteiger partial charge in [-0.05, 0) is 53.9 Å². The van der Waals surface area contributed by atoms with Gasteiger partial charge in [0.25, 0.3) is 11.8 Å². The molecule has 1 saturated heterocycles. The number of hydrogen-bond acceptors (Lipinski definition) is 7. The summed E-state index contributed by atoms with van der Waals surface area (Å²) in [5, 5.41) is 8.55. The highest BCUT2D eigenvalue weighted by molar-refractivity contribution is 5.96. The molecule has 0 aliphatic carbocycles. The highest BCUT2D eigenvalue weighted by Crippen LogP contribution is 2.29. The van der Waals surface area contributed by atoms with Crippen LogP contribution in [0, 0.1) is 0 Å². The average molecular weight is 587 g/mol. The van der Waals surface area contributed by atoms with Crippen molar-refractivity contribution in [3.8, 4) is 17.2 Å². The topological polar surface area (TPSA) is 135 Å². The third-order valence-corrected chi connectivity index (χ3v) is 7.33. The zero-order valence-electron chi connectivity index (χ0n) is 23.8. The molecule has 6 rings (SSSR count). The first-order valence-electron chi connectivity index (χ1n) is 14.1. The average Bonchev–Trinajstić information content (AvgIpc) is 3.42. The maximum absolute atomic E-state index is 13.1. The fourth-order valence-corrected chi connectivity index (χ4v) is 4.98. The first-order valence-corrected chi connectivity index (χ1v) is 14.1. The second-order valence-electron chi connectivity index (χ2n) is 10.4. The Morgan fingerprint density at radius 1 is 0.953 bits per heavy atom. The van der Waals surface area contributed by atoms with Gasteiger partial charge in [-0.25, -0.2) is 0 Å². The van der Waals surface area contributed by atoms with Crippen LogP contribution in [0.25, 0.3) is 0 Å². The summed E-state index contributed by atoms with van der Waals surface area (Å²) in [5.74, 6) is 0.360. The first kappa shape index (κ1) is 29.4. The summed E-state index contributed by atoms with van der Waals surface area (Å²) in [4.78, 5) is 52.6. The summed E-state index contributed by atoms with van der Waals surface area (Å²) in [7, 11) is 1.52. The van der Waals surface area contributed by atoms with Gasteiger partial charge in [0, 0.05) is 25.1 Å². The lowest BCUT2D eigenvalue weighted by atomic mass is 10.1. The van der Waals surface area contributed by atoms with E-state index in [2.05, 4.69) is 16.0 Å². The fraction of sp³-hybridized carbons (Fsp3) is 0.312. The number of rotatable bonds is 4. The molecule has 3 heterocycles. The number of fused-ring (bicyclic) bond motifs is 9. The Hall–Kier alpha value is -5.06. The van der Waals surface area contributed by atoms with Gasteiger partial charge in [0.05, 0.1) is 26.2 Å². The second-order valence-corrected chi connectivity index (χ2v) is 10.4. The van der Waals surface area contributed by atoms with Crippen LogP contribution in [0.3, 0.4) is 0 Å². The number of nitrogens with one attached hydrogen (secondary N) is 3. The van der Waals surface area contributed by atoms with Crippen LogP contribution in [0.15, 0.2) is 72.8 Å². The first-order chi connectivity index (χ1) is 20.9. The van der Waals surface area contributed by atoms with Crippen LogP contribution >= 0.6 is 0 Å². The van der Waals surface area contributed by atoms with Crippen molar-refractivity contribution in [3.05, 3.63) is 89.5 Å². The number of ether oxygens (including phenoxy) is 3. The molecule has 0 saturated carbocycles. The zero-order valence-corrected chi connectivity index (χ0v) is 23.8. The molecular weight excluding hydrogens is 552 g/mol. The minimum atomic E-state index is -0.508. The third kappa shape index (κ3) is 7.82. The Balaban J connectivity index is 1.30. The monoisotopic (exact) mass is 586 g/mol. The van der Waals surface area contributed by atoms with E-state index in [1.807, 2.05) is 24.3 Å². The van der Waals surface area contributed by atoms with Crippen LogP contribution in [-0.4, -0.2) is 74.0 Å². The van der Waals surface area contributed by atoms with Gasteiger partial charge in [0.15, 0.2) is 18.1 Å². The predicted octanol–water partition coefficient (Wildman–Crippen LogP) is 1.84. The second kappa shape index (κ2) is 13.7. The van der Waals surface area contributed by atoms with E-state index in [9.17, 15) is 19.2 Å². The largest absolute Gasteiger partial charge is 0.493 e. The lowest BCUT2D eigenvalue weighted by Crippen LogP contribution is -2.45. The number of likely N-dealkylation sites (tertiary alicyclic amines) is 1. The fourth-order valence-electron chi connectivity index (χ4n) is 4.98. The van der Waals surface area contributed by atoms with E-state index in [1.165, 1.54) is 7.11 Å². The molecule has 3 aromatic rings. The number of nitrogens with zero attached hydrogens (tertiary/aromatic N) is 1. The molecule has 4 bridgehead atoms. The van der Waals surface area contributed by atoms with E-state index in [4.69, 9.17) is 14.2 Å². The van der Waals surface area contributed by atoms with Crippen molar-refractivity contribution in [2.45, 2.75) is 31.5 Å². The Labute approximate surface area is 249 Å². The van der Waals surface area contributed by atoms with E-state index in [0.717, 1.165) is 11.1 Å². The van der Waals surface area contributed by atoms with Gasteiger partial charge >= 0.3 is 0 Å². The van der Waals surface area contributed by atoms with Crippen LogP contribution < -0.4 is 30.2 Å². The van der Waals surface area contributed by atoms with E-state index in [-0.39, 0.29) is 56.3 Å². The van der Waals surface area contributed by atoms with Crippen molar-refractivity contribution in [3.63, 3.8) is 0 Å².